The molecule has 1 aliphatic carbocycles. The normalized spacial score (nSPS) is 14.3. The number of aryl methyl sites for hydroxylation is 2. The van der Waals surface area contributed by atoms with Gasteiger partial charge in [0.25, 0.3) is 0 Å². The molecule has 0 saturated heterocycles. The van der Waals surface area contributed by atoms with Crippen LogP contribution in [0.2, 0.25) is 0 Å². The number of nitrogens with zero attached hydrogens (tertiary/aromatic N) is 1. The van der Waals surface area contributed by atoms with Gasteiger partial charge in [0.05, 0.1) is 0 Å². The van der Waals surface area contributed by atoms with Crippen molar-refractivity contribution in [3.63, 3.8) is 0 Å². The van der Waals surface area contributed by atoms with Crippen molar-refractivity contribution in [2.45, 2.75) is 32.1 Å². The molecule has 0 heterocycles. The molecule has 2 aromatic rings. The summed E-state index contributed by atoms with van der Waals surface area (Å²) in [6.45, 7) is 2.65. The Labute approximate surface area is 139 Å². The highest BCUT2D eigenvalue weighted by atomic mass is 16.1. The number of benzene rings is 2. The van der Waals surface area contributed by atoms with E-state index in [-0.39, 0.29) is 11.7 Å². The molecule has 0 spiro atoms. The van der Waals surface area contributed by atoms with Gasteiger partial charge in [0.15, 0.2) is 0 Å². The second kappa shape index (κ2) is 6.67. The molecule has 0 aliphatic heterocycles. The standard InChI is InChI=1S/C21H25NO/c1-15(23)19(12-13-22(2)3)17-10-11-21-18(14-17)9-8-16-6-4-5-7-20(16)21/h4-7,10-11,14,19H,8-9,12-13H2,1-3H3/t19-/m0/s1. The Balaban J connectivity index is 1.93. The zero-order valence-electron chi connectivity index (χ0n) is 14.3. The molecule has 120 valence electrons. The molecule has 2 heteroatoms. The summed E-state index contributed by atoms with van der Waals surface area (Å²) in [7, 11) is 4.11. The SMILES string of the molecule is CC(=O)[C@H](CCN(C)C)c1ccc2c(c1)CCc1ccccc1-2. The largest absolute Gasteiger partial charge is 0.309 e. The molecule has 0 saturated carbocycles. The molecule has 1 aliphatic rings. The average Bonchev–Trinajstić information content (AvgIpc) is 2.54. The fraction of sp³-hybridized carbons (Fsp3) is 0.381. The maximum absolute atomic E-state index is 12.1. The van der Waals surface area contributed by atoms with Crippen LogP contribution in [0.1, 0.15) is 36.0 Å². The van der Waals surface area contributed by atoms with Crippen LogP contribution >= 0.6 is 0 Å². The van der Waals surface area contributed by atoms with Crippen molar-refractivity contribution in [3.05, 3.63) is 59.2 Å². The molecule has 2 aromatic carbocycles. The van der Waals surface area contributed by atoms with Crippen LogP contribution in [0.4, 0.5) is 0 Å². The third kappa shape index (κ3) is 3.37. The lowest BCUT2D eigenvalue weighted by Crippen LogP contribution is -2.19. The number of fused-ring (bicyclic) bond motifs is 3. The maximum atomic E-state index is 12.1. The van der Waals surface area contributed by atoms with E-state index in [1.807, 2.05) is 0 Å². The molecular formula is C21H25NO. The van der Waals surface area contributed by atoms with E-state index in [2.05, 4.69) is 61.5 Å². The summed E-state index contributed by atoms with van der Waals surface area (Å²) in [5, 5.41) is 0. The van der Waals surface area contributed by atoms with E-state index in [0.717, 1.165) is 25.8 Å². The van der Waals surface area contributed by atoms with Crippen molar-refractivity contribution >= 4 is 5.78 Å². The average molecular weight is 307 g/mol. The van der Waals surface area contributed by atoms with E-state index in [9.17, 15) is 4.79 Å². The number of carbonyl (C=O) groups excluding carboxylic acids is 1. The molecule has 0 N–H and O–H groups in total. The van der Waals surface area contributed by atoms with E-state index in [4.69, 9.17) is 0 Å². The Morgan fingerprint density at radius 3 is 2.48 bits per heavy atom. The number of hydrogen-bond acceptors (Lipinski definition) is 2. The van der Waals surface area contributed by atoms with Gasteiger partial charge in [0.1, 0.15) is 5.78 Å². The third-order valence-corrected chi connectivity index (χ3v) is 4.86. The number of ketones is 1. The second-order valence-electron chi connectivity index (χ2n) is 6.83. The number of rotatable bonds is 5. The molecule has 0 unspecified atom stereocenters. The van der Waals surface area contributed by atoms with Crippen LogP contribution in [-0.2, 0) is 17.6 Å². The molecule has 2 nitrogen and oxygen atoms in total. The Hall–Kier alpha value is -1.93. The van der Waals surface area contributed by atoms with E-state index < -0.39 is 0 Å². The summed E-state index contributed by atoms with van der Waals surface area (Å²) in [6.07, 6.45) is 3.05. The first-order valence-corrected chi connectivity index (χ1v) is 8.42. The smallest absolute Gasteiger partial charge is 0.137 e. The highest BCUT2D eigenvalue weighted by molar-refractivity contribution is 5.84. The van der Waals surface area contributed by atoms with Crippen LogP contribution in [0.5, 0.6) is 0 Å². The first-order valence-electron chi connectivity index (χ1n) is 8.42. The second-order valence-corrected chi connectivity index (χ2v) is 6.83. The highest BCUT2D eigenvalue weighted by Crippen LogP contribution is 2.35. The van der Waals surface area contributed by atoms with E-state index in [1.165, 1.54) is 27.8 Å². The number of hydrogen-bond donors (Lipinski definition) is 0. The van der Waals surface area contributed by atoms with Crippen molar-refractivity contribution in [2.24, 2.45) is 0 Å². The van der Waals surface area contributed by atoms with Gasteiger partial charge in [-0.1, -0.05) is 42.5 Å². The Bertz CT molecular complexity index is 718. The number of carbonyl (C=O) groups is 1. The summed E-state index contributed by atoms with van der Waals surface area (Å²) in [4.78, 5) is 14.2. The summed E-state index contributed by atoms with van der Waals surface area (Å²) < 4.78 is 0. The van der Waals surface area contributed by atoms with Crippen molar-refractivity contribution < 1.29 is 4.79 Å². The Morgan fingerprint density at radius 2 is 1.74 bits per heavy atom. The molecule has 23 heavy (non-hydrogen) atoms. The Kier molecular flexibility index (Phi) is 4.63. The van der Waals surface area contributed by atoms with Gasteiger partial charge in [0.2, 0.25) is 0 Å². The van der Waals surface area contributed by atoms with Crippen molar-refractivity contribution in [1.29, 1.82) is 0 Å². The van der Waals surface area contributed by atoms with Crippen LogP contribution in [0.3, 0.4) is 0 Å². The quantitative estimate of drug-likeness (QED) is 0.829. The minimum absolute atomic E-state index is 0.0138. The molecule has 0 aromatic heterocycles. The van der Waals surface area contributed by atoms with Crippen LogP contribution in [0, 0.1) is 0 Å². The van der Waals surface area contributed by atoms with Crippen LogP contribution < -0.4 is 0 Å². The van der Waals surface area contributed by atoms with E-state index >= 15 is 0 Å². The molecule has 0 fully saturated rings. The van der Waals surface area contributed by atoms with Crippen LogP contribution in [0.25, 0.3) is 11.1 Å². The lowest BCUT2D eigenvalue weighted by Gasteiger charge is -2.23. The van der Waals surface area contributed by atoms with Gasteiger partial charge < -0.3 is 4.90 Å². The topological polar surface area (TPSA) is 20.3 Å². The molecule has 3 rings (SSSR count). The van der Waals surface area contributed by atoms with E-state index in [0.29, 0.717) is 0 Å². The van der Waals surface area contributed by atoms with Gasteiger partial charge in [0, 0.05) is 5.92 Å². The zero-order valence-corrected chi connectivity index (χ0v) is 14.3. The minimum Gasteiger partial charge on any atom is -0.309 e. The van der Waals surface area contributed by atoms with Crippen molar-refractivity contribution in [3.8, 4) is 11.1 Å². The van der Waals surface area contributed by atoms with Gasteiger partial charge in [-0.25, -0.2) is 0 Å². The summed E-state index contributed by atoms with van der Waals surface area (Å²) in [5.74, 6) is 0.280. The highest BCUT2D eigenvalue weighted by Gasteiger charge is 2.21. The van der Waals surface area contributed by atoms with Gasteiger partial charge in [-0.2, -0.15) is 0 Å². The minimum atomic E-state index is 0.0138. The molecule has 0 radical (unpaired) electrons. The molecular weight excluding hydrogens is 282 g/mol. The van der Waals surface area contributed by atoms with Crippen molar-refractivity contribution in [1.82, 2.24) is 4.90 Å². The monoisotopic (exact) mass is 307 g/mol. The van der Waals surface area contributed by atoms with Gasteiger partial charge in [-0.15, -0.1) is 0 Å². The molecule has 0 amide bonds. The lowest BCUT2D eigenvalue weighted by atomic mass is 9.82. The number of Topliss-reactive ketones (excluding diaryl/α,β-unsaturated/α-hetero) is 1. The summed E-state index contributed by atoms with van der Waals surface area (Å²) in [5.41, 5.74) is 6.69. The first kappa shape index (κ1) is 15.9. The predicted molar refractivity (Wildman–Crippen MR) is 95.9 cm³/mol. The Morgan fingerprint density at radius 1 is 1.04 bits per heavy atom. The van der Waals surface area contributed by atoms with E-state index in [1.54, 1.807) is 6.92 Å². The molecule has 0 bridgehead atoms. The van der Waals surface area contributed by atoms with Crippen LogP contribution in [-0.4, -0.2) is 31.3 Å². The van der Waals surface area contributed by atoms with Crippen LogP contribution in [0.15, 0.2) is 42.5 Å². The van der Waals surface area contributed by atoms with Crippen molar-refractivity contribution in [2.75, 3.05) is 20.6 Å². The maximum Gasteiger partial charge on any atom is 0.137 e. The fourth-order valence-electron chi connectivity index (χ4n) is 3.56. The fourth-order valence-corrected chi connectivity index (χ4v) is 3.56. The zero-order chi connectivity index (χ0) is 16.4. The third-order valence-electron chi connectivity index (χ3n) is 4.86. The first-order chi connectivity index (χ1) is 11.1. The predicted octanol–water partition coefficient (Wildman–Crippen LogP) is 4.08. The van der Waals surface area contributed by atoms with Gasteiger partial charge in [-0.3, -0.25) is 4.79 Å². The summed E-state index contributed by atoms with van der Waals surface area (Å²) in [6, 6.07) is 15.3. The summed E-state index contributed by atoms with van der Waals surface area (Å²) >= 11 is 0. The molecule has 1 atom stereocenters. The lowest BCUT2D eigenvalue weighted by molar-refractivity contribution is -0.118. The van der Waals surface area contributed by atoms with Gasteiger partial charge in [-0.05, 0) is 74.6 Å². The van der Waals surface area contributed by atoms with Gasteiger partial charge >= 0.3 is 0 Å².